The van der Waals surface area contributed by atoms with Crippen molar-refractivity contribution in [1.82, 2.24) is 10.6 Å². The maximum Gasteiger partial charge on any atom is 0.315 e. The zero-order chi connectivity index (χ0) is 8.55. The summed E-state index contributed by atoms with van der Waals surface area (Å²) >= 11 is 1.73. The van der Waals surface area contributed by atoms with Gasteiger partial charge in [-0.3, -0.25) is 0 Å². The lowest BCUT2D eigenvalue weighted by Crippen LogP contribution is -2.21. The number of amides is 2. The van der Waals surface area contributed by atoms with Crippen LogP contribution in [0.2, 0.25) is 0 Å². The van der Waals surface area contributed by atoms with Crippen molar-refractivity contribution in [2.24, 2.45) is 0 Å². The monoisotopic (exact) mass is 182 g/mol. The smallest absolute Gasteiger partial charge is 0.315 e. The van der Waals surface area contributed by atoms with Gasteiger partial charge in [0, 0.05) is 16.3 Å². The van der Waals surface area contributed by atoms with E-state index in [1.807, 2.05) is 0 Å². The van der Waals surface area contributed by atoms with Gasteiger partial charge in [-0.15, -0.1) is 11.3 Å². The van der Waals surface area contributed by atoms with Crippen LogP contribution in [0.5, 0.6) is 0 Å². The SMILES string of the molecule is Cc1ccc(C2CNC(=O)N2)s1. The maximum absolute atomic E-state index is 10.8. The molecule has 1 aromatic rings. The Hall–Kier alpha value is -1.03. The van der Waals surface area contributed by atoms with E-state index < -0.39 is 0 Å². The second kappa shape index (κ2) is 2.79. The van der Waals surface area contributed by atoms with Gasteiger partial charge >= 0.3 is 6.03 Å². The lowest BCUT2D eigenvalue weighted by molar-refractivity contribution is 0.247. The lowest BCUT2D eigenvalue weighted by Gasteiger charge is -2.03. The molecule has 2 N–H and O–H groups in total. The zero-order valence-corrected chi connectivity index (χ0v) is 7.57. The summed E-state index contributed by atoms with van der Waals surface area (Å²) in [6.07, 6.45) is 0. The van der Waals surface area contributed by atoms with E-state index in [1.165, 1.54) is 9.75 Å². The number of hydrogen-bond donors (Lipinski definition) is 2. The third kappa shape index (κ3) is 1.30. The topological polar surface area (TPSA) is 41.1 Å². The third-order valence-corrected chi connectivity index (χ3v) is 2.99. The van der Waals surface area contributed by atoms with Gasteiger partial charge in [-0.2, -0.15) is 0 Å². The molecule has 0 bridgehead atoms. The Labute approximate surface area is 74.8 Å². The zero-order valence-electron chi connectivity index (χ0n) is 6.76. The minimum Gasteiger partial charge on any atom is -0.336 e. The molecule has 1 saturated heterocycles. The summed E-state index contributed by atoms with van der Waals surface area (Å²) in [6.45, 7) is 2.77. The Morgan fingerprint density at radius 2 is 2.42 bits per heavy atom. The summed E-state index contributed by atoms with van der Waals surface area (Å²) in [7, 11) is 0. The Bertz CT molecular complexity index is 308. The fourth-order valence-electron chi connectivity index (χ4n) is 1.27. The van der Waals surface area contributed by atoms with Gasteiger partial charge in [0.1, 0.15) is 0 Å². The van der Waals surface area contributed by atoms with Crippen LogP contribution in [-0.2, 0) is 0 Å². The van der Waals surface area contributed by atoms with E-state index in [2.05, 4.69) is 29.7 Å². The van der Waals surface area contributed by atoms with Crippen LogP contribution < -0.4 is 10.6 Å². The molecule has 0 saturated carbocycles. The first-order valence-corrected chi connectivity index (χ1v) is 4.68. The van der Waals surface area contributed by atoms with E-state index >= 15 is 0 Å². The van der Waals surface area contributed by atoms with Crippen LogP contribution in [0, 0.1) is 6.92 Å². The first-order valence-electron chi connectivity index (χ1n) is 3.86. The first kappa shape index (κ1) is 7.61. The van der Waals surface area contributed by atoms with Crippen molar-refractivity contribution >= 4 is 17.4 Å². The highest BCUT2D eigenvalue weighted by Crippen LogP contribution is 2.23. The molecule has 0 aromatic carbocycles. The molecule has 0 spiro atoms. The van der Waals surface area contributed by atoms with Crippen LogP contribution in [0.25, 0.3) is 0 Å². The van der Waals surface area contributed by atoms with Crippen molar-refractivity contribution in [2.45, 2.75) is 13.0 Å². The summed E-state index contributed by atoms with van der Waals surface area (Å²) in [5.41, 5.74) is 0. The molecule has 1 atom stereocenters. The predicted molar refractivity (Wildman–Crippen MR) is 48.3 cm³/mol. The average Bonchev–Trinajstić information content (AvgIpc) is 2.58. The second-order valence-corrected chi connectivity index (χ2v) is 4.17. The van der Waals surface area contributed by atoms with Gasteiger partial charge in [-0.05, 0) is 19.1 Å². The normalized spacial score (nSPS) is 22.1. The van der Waals surface area contributed by atoms with E-state index in [4.69, 9.17) is 0 Å². The van der Waals surface area contributed by atoms with Crippen molar-refractivity contribution in [3.63, 3.8) is 0 Å². The van der Waals surface area contributed by atoms with Crippen LogP contribution in [0.15, 0.2) is 12.1 Å². The molecule has 12 heavy (non-hydrogen) atoms. The molecule has 3 nitrogen and oxygen atoms in total. The van der Waals surface area contributed by atoms with Crippen molar-refractivity contribution in [3.05, 3.63) is 21.9 Å². The minimum absolute atomic E-state index is 0.0638. The summed E-state index contributed by atoms with van der Waals surface area (Å²) in [5, 5.41) is 5.58. The minimum atomic E-state index is -0.0638. The number of rotatable bonds is 1. The number of carbonyl (C=O) groups excluding carboxylic acids is 1. The van der Waals surface area contributed by atoms with Crippen LogP contribution in [0.1, 0.15) is 15.8 Å². The maximum atomic E-state index is 10.8. The highest BCUT2D eigenvalue weighted by molar-refractivity contribution is 7.12. The van der Waals surface area contributed by atoms with Crippen LogP contribution in [0.3, 0.4) is 0 Å². The number of urea groups is 1. The number of thiophene rings is 1. The quantitative estimate of drug-likeness (QED) is 0.677. The van der Waals surface area contributed by atoms with E-state index in [-0.39, 0.29) is 12.1 Å². The Morgan fingerprint density at radius 3 is 2.92 bits per heavy atom. The average molecular weight is 182 g/mol. The van der Waals surface area contributed by atoms with E-state index in [0.29, 0.717) is 6.54 Å². The predicted octanol–water partition coefficient (Wildman–Crippen LogP) is 1.41. The molecule has 1 aromatic heterocycles. The van der Waals surface area contributed by atoms with Crippen LogP contribution in [0.4, 0.5) is 4.79 Å². The molecule has 0 aliphatic carbocycles. The third-order valence-electron chi connectivity index (χ3n) is 1.88. The fourth-order valence-corrected chi connectivity index (χ4v) is 2.20. The van der Waals surface area contributed by atoms with Crippen LogP contribution >= 0.6 is 11.3 Å². The summed E-state index contributed by atoms with van der Waals surface area (Å²) in [6, 6.07) is 4.25. The van der Waals surface area contributed by atoms with Gasteiger partial charge in [-0.1, -0.05) is 0 Å². The molecule has 2 heterocycles. The van der Waals surface area contributed by atoms with E-state index in [9.17, 15) is 4.79 Å². The lowest BCUT2D eigenvalue weighted by atomic mass is 10.2. The van der Waals surface area contributed by atoms with Crippen molar-refractivity contribution in [2.75, 3.05) is 6.54 Å². The van der Waals surface area contributed by atoms with Gasteiger partial charge in [0.2, 0.25) is 0 Å². The van der Waals surface area contributed by atoms with Gasteiger partial charge in [0.15, 0.2) is 0 Å². The van der Waals surface area contributed by atoms with E-state index in [1.54, 1.807) is 11.3 Å². The molecule has 1 aliphatic rings. The Balaban J connectivity index is 2.15. The van der Waals surface area contributed by atoms with Gasteiger partial charge in [0.25, 0.3) is 0 Å². The standard InChI is InChI=1S/C8H10N2OS/c1-5-2-3-7(12-5)6-4-9-8(11)10-6/h2-3,6H,4H2,1H3,(H2,9,10,11). The van der Waals surface area contributed by atoms with Crippen molar-refractivity contribution in [3.8, 4) is 0 Å². The highest BCUT2D eigenvalue weighted by Gasteiger charge is 2.22. The summed E-state index contributed by atoms with van der Waals surface area (Å²) in [4.78, 5) is 13.3. The molecule has 1 fully saturated rings. The number of hydrogen-bond acceptors (Lipinski definition) is 2. The summed E-state index contributed by atoms with van der Waals surface area (Å²) in [5.74, 6) is 0. The number of aryl methyl sites for hydroxylation is 1. The molecule has 2 rings (SSSR count). The second-order valence-electron chi connectivity index (χ2n) is 2.86. The molecule has 0 radical (unpaired) electrons. The van der Waals surface area contributed by atoms with Gasteiger partial charge < -0.3 is 10.6 Å². The van der Waals surface area contributed by atoms with Crippen molar-refractivity contribution < 1.29 is 4.79 Å². The van der Waals surface area contributed by atoms with E-state index in [0.717, 1.165) is 0 Å². The molecule has 4 heteroatoms. The number of carbonyl (C=O) groups is 1. The molecule has 1 aliphatic heterocycles. The molecule has 64 valence electrons. The fraction of sp³-hybridized carbons (Fsp3) is 0.375. The highest BCUT2D eigenvalue weighted by atomic mass is 32.1. The Morgan fingerprint density at radius 1 is 1.58 bits per heavy atom. The summed E-state index contributed by atoms with van der Waals surface area (Å²) < 4.78 is 0. The largest absolute Gasteiger partial charge is 0.336 e. The molecule has 1 unspecified atom stereocenters. The Kier molecular flexibility index (Phi) is 1.77. The van der Waals surface area contributed by atoms with Gasteiger partial charge in [0.05, 0.1) is 6.04 Å². The molecular formula is C8H10N2OS. The first-order chi connectivity index (χ1) is 5.75. The van der Waals surface area contributed by atoms with Crippen molar-refractivity contribution in [1.29, 1.82) is 0 Å². The van der Waals surface area contributed by atoms with Crippen LogP contribution in [-0.4, -0.2) is 12.6 Å². The molecule has 2 amide bonds. The molecular weight excluding hydrogens is 172 g/mol. The number of nitrogens with one attached hydrogen (secondary N) is 2. The van der Waals surface area contributed by atoms with Gasteiger partial charge in [-0.25, -0.2) is 4.79 Å².